The molecule has 1 N–H and O–H groups in total. The van der Waals surface area contributed by atoms with Crippen LogP contribution >= 0.6 is 11.5 Å². The fourth-order valence-corrected chi connectivity index (χ4v) is 4.28. The Morgan fingerprint density at radius 3 is 2.35 bits per heavy atom. The Morgan fingerprint density at radius 1 is 1.06 bits per heavy atom. The van der Waals surface area contributed by atoms with Crippen LogP contribution in [0.4, 0.5) is 0 Å². The van der Waals surface area contributed by atoms with Crippen LogP contribution in [0.3, 0.4) is 0 Å². The van der Waals surface area contributed by atoms with Crippen LogP contribution in [0.2, 0.25) is 0 Å². The summed E-state index contributed by atoms with van der Waals surface area (Å²) < 4.78 is 16.5. The Bertz CT molecular complexity index is 1300. The third-order valence-corrected chi connectivity index (χ3v) is 6.10. The van der Waals surface area contributed by atoms with Gasteiger partial charge in [0.2, 0.25) is 5.88 Å². The normalized spacial score (nSPS) is 10.9. The number of methoxy groups -OCH3 is 2. The highest BCUT2D eigenvalue weighted by Crippen LogP contribution is 2.33. The van der Waals surface area contributed by atoms with Gasteiger partial charge in [-0.25, -0.2) is 0 Å². The van der Waals surface area contributed by atoms with Crippen molar-refractivity contribution in [3.63, 3.8) is 0 Å². The zero-order valence-electron chi connectivity index (χ0n) is 19.3. The van der Waals surface area contributed by atoms with Gasteiger partial charge >= 0.3 is 0 Å². The van der Waals surface area contributed by atoms with E-state index in [1.54, 1.807) is 32.4 Å². The van der Waals surface area contributed by atoms with Crippen LogP contribution in [0.15, 0.2) is 52.6 Å². The first-order valence-corrected chi connectivity index (χ1v) is 11.8. The number of aromatic nitrogens is 4. The van der Waals surface area contributed by atoms with Crippen molar-refractivity contribution < 1.29 is 14.6 Å². The SMILES string of the molecule is CCCCc1nc(O)c(Cc2ccc(-c3csnn3)cc2)c(=O)n1-c1c(OC)cccc1OC. The molecule has 0 radical (unpaired) electrons. The molecule has 2 aromatic carbocycles. The number of aryl methyl sites for hydroxylation is 1. The number of benzene rings is 2. The highest BCUT2D eigenvalue weighted by Gasteiger charge is 2.22. The molecule has 2 aromatic heterocycles. The fourth-order valence-electron chi connectivity index (χ4n) is 3.82. The Labute approximate surface area is 201 Å². The number of ether oxygens (including phenoxy) is 2. The molecular formula is C25H26N4O4S. The second-order valence-corrected chi connectivity index (χ2v) is 8.36. The number of unbranched alkanes of at least 4 members (excludes halogenated alkanes) is 1. The first-order valence-electron chi connectivity index (χ1n) is 11.0. The predicted octanol–water partition coefficient (Wildman–Crippen LogP) is 4.41. The number of para-hydroxylation sites is 1. The van der Waals surface area contributed by atoms with E-state index < -0.39 is 0 Å². The van der Waals surface area contributed by atoms with Gasteiger partial charge in [0.05, 0.1) is 19.8 Å². The van der Waals surface area contributed by atoms with Gasteiger partial charge in [-0.3, -0.25) is 9.36 Å². The van der Waals surface area contributed by atoms with E-state index in [4.69, 9.17) is 9.47 Å². The summed E-state index contributed by atoms with van der Waals surface area (Å²) in [6.07, 6.45) is 2.48. The third kappa shape index (κ3) is 4.65. The molecule has 0 saturated carbocycles. The van der Waals surface area contributed by atoms with Crippen LogP contribution in [-0.4, -0.2) is 38.5 Å². The minimum atomic E-state index is -0.353. The zero-order chi connectivity index (χ0) is 24.1. The lowest BCUT2D eigenvalue weighted by molar-refractivity contribution is 0.387. The van der Waals surface area contributed by atoms with Crippen molar-refractivity contribution in [3.8, 4) is 34.3 Å². The molecule has 0 aliphatic rings. The minimum Gasteiger partial charge on any atom is -0.494 e. The maximum absolute atomic E-state index is 13.8. The maximum atomic E-state index is 13.8. The zero-order valence-corrected chi connectivity index (χ0v) is 20.1. The lowest BCUT2D eigenvalue weighted by atomic mass is 10.0. The quantitative estimate of drug-likeness (QED) is 0.380. The molecule has 0 bridgehead atoms. The molecule has 0 aliphatic heterocycles. The molecule has 9 heteroatoms. The Balaban J connectivity index is 1.82. The number of nitrogens with zero attached hydrogens (tertiary/aromatic N) is 4. The van der Waals surface area contributed by atoms with Gasteiger partial charge in [-0.1, -0.05) is 48.2 Å². The third-order valence-electron chi connectivity index (χ3n) is 5.59. The van der Waals surface area contributed by atoms with Crippen molar-refractivity contribution in [1.82, 2.24) is 19.1 Å². The van der Waals surface area contributed by atoms with Crippen molar-refractivity contribution in [3.05, 3.63) is 75.1 Å². The summed E-state index contributed by atoms with van der Waals surface area (Å²) >= 11 is 1.29. The minimum absolute atomic E-state index is 0.205. The molecule has 34 heavy (non-hydrogen) atoms. The molecular weight excluding hydrogens is 452 g/mol. The van der Waals surface area contributed by atoms with E-state index >= 15 is 0 Å². The first kappa shape index (κ1) is 23.4. The van der Waals surface area contributed by atoms with E-state index in [1.807, 2.05) is 29.6 Å². The van der Waals surface area contributed by atoms with Crippen LogP contribution in [0, 0.1) is 0 Å². The van der Waals surface area contributed by atoms with Gasteiger partial charge in [0.25, 0.3) is 5.56 Å². The largest absolute Gasteiger partial charge is 0.494 e. The van der Waals surface area contributed by atoms with E-state index in [-0.39, 0.29) is 23.4 Å². The molecule has 2 heterocycles. The number of hydrogen-bond acceptors (Lipinski definition) is 8. The van der Waals surface area contributed by atoms with Gasteiger partial charge in [0, 0.05) is 23.8 Å². The molecule has 0 spiro atoms. The predicted molar refractivity (Wildman–Crippen MR) is 131 cm³/mol. The highest BCUT2D eigenvalue weighted by atomic mass is 32.1. The van der Waals surface area contributed by atoms with Crippen LogP contribution in [-0.2, 0) is 12.8 Å². The Morgan fingerprint density at radius 2 is 1.76 bits per heavy atom. The molecule has 8 nitrogen and oxygen atoms in total. The van der Waals surface area contributed by atoms with E-state index in [2.05, 4.69) is 21.5 Å². The summed E-state index contributed by atoms with van der Waals surface area (Å²) in [4.78, 5) is 18.2. The molecule has 0 unspecified atom stereocenters. The van der Waals surface area contributed by atoms with E-state index in [9.17, 15) is 9.90 Å². The van der Waals surface area contributed by atoms with Crippen molar-refractivity contribution in [1.29, 1.82) is 0 Å². The monoisotopic (exact) mass is 478 g/mol. The number of rotatable bonds is 9. The molecule has 4 aromatic rings. The van der Waals surface area contributed by atoms with Crippen LogP contribution in [0.25, 0.3) is 16.9 Å². The van der Waals surface area contributed by atoms with Crippen LogP contribution in [0.1, 0.15) is 36.7 Å². The molecule has 0 saturated heterocycles. The van der Waals surface area contributed by atoms with Crippen molar-refractivity contribution in [2.24, 2.45) is 0 Å². The Kier molecular flexibility index (Phi) is 7.22. The summed E-state index contributed by atoms with van der Waals surface area (Å²) in [5, 5.41) is 16.7. The molecule has 0 aliphatic carbocycles. The summed E-state index contributed by atoms with van der Waals surface area (Å²) in [5.74, 6) is 1.18. The maximum Gasteiger partial charge on any atom is 0.265 e. The number of hydrogen-bond donors (Lipinski definition) is 1. The van der Waals surface area contributed by atoms with E-state index in [0.717, 1.165) is 29.7 Å². The first-order chi connectivity index (χ1) is 16.6. The van der Waals surface area contributed by atoms with Gasteiger partial charge in [-0.2, -0.15) is 4.98 Å². The van der Waals surface area contributed by atoms with Crippen molar-refractivity contribution >= 4 is 11.5 Å². The van der Waals surface area contributed by atoms with Gasteiger partial charge in [-0.15, -0.1) is 5.10 Å². The fraction of sp³-hybridized carbons (Fsp3) is 0.280. The summed E-state index contributed by atoms with van der Waals surface area (Å²) in [7, 11) is 3.09. The number of aromatic hydroxyl groups is 1. The topological polar surface area (TPSA) is 99.4 Å². The van der Waals surface area contributed by atoms with Crippen LogP contribution in [0.5, 0.6) is 17.4 Å². The summed E-state index contributed by atoms with van der Waals surface area (Å²) in [6, 6.07) is 13.0. The molecule has 0 amide bonds. The van der Waals surface area contributed by atoms with Gasteiger partial charge < -0.3 is 14.6 Å². The standard InChI is InChI=1S/C25H26N4O4S/c1-4-5-9-22-26-24(30)18(14-16-10-12-17(13-11-16)19-15-34-28-27-19)25(31)29(22)23-20(32-2)7-6-8-21(23)33-3/h6-8,10-13,15,30H,4-5,9,14H2,1-3H3. The van der Waals surface area contributed by atoms with E-state index in [1.165, 1.54) is 16.1 Å². The average Bonchev–Trinajstić information content (AvgIpc) is 3.40. The average molecular weight is 479 g/mol. The van der Waals surface area contributed by atoms with Crippen LogP contribution < -0.4 is 15.0 Å². The lowest BCUT2D eigenvalue weighted by Crippen LogP contribution is -2.28. The molecule has 176 valence electrons. The van der Waals surface area contributed by atoms with Gasteiger partial charge in [-0.05, 0) is 35.6 Å². The van der Waals surface area contributed by atoms with Crippen molar-refractivity contribution in [2.75, 3.05) is 14.2 Å². The molecule has 4 rings (SSSR count). The van der Waals surface area contributed by atoms with Gasteiger partial charge in [0.1, 0.15) is 28.7 Å². The second-order valence-electron chi connectivity index (χ2n) is 7.75. The smallest absolute Gasteiger partial charge is 0.265 e. The Hall–Kier alpha value is -3.72. The van der Waals surface area contributed by atoms with Crippen molar-refractivity contribution in [2.45, 2.75) is 32.6 Å². The highest BCUT2D eigenvalue weighted by molar-refractivity contribution is 7.03. The molecule has 0 fully saturated rings. The lowest BCUT2D eigenvalue weighted by Gasteiger charge is -2.19. The van der Waals surface area contributed by atoms with E-state index in [0.29, 0.717) is 29.4 Å². The molecule has 0 atom stereocenters. The second kappa shape index (κ2) is 10.5. The van der Waals surface area contributed by atoms with Gasteiger partial charge in [0.15, 0.2) is 0 Å². The summed E-state index contributed by atoms with van der Waals surface area (Å²) in [5.41, 5.74) is 2.92. The summed E-state index contributed by atoms with van der Waals surface area (Å²) in [6.45, 7) is 2.06.